The fourth-order valence-corrected chi connectivity index (χ4v) is 3.15. The van der Waals surface area contributed by atoms with Crippen LogP contribution < -0.4 is 10.2 Å². The van der Waals surface area contributed by atoms with Crippen LogP contribution in [0.3, 0.4) is 0 Å². The number of rotatable bonds is 5. The van der Waals surface area contributed by atoms with Crippen LogP contribution in [0, 0.1) is 5.41 Å². The van der Waals surface area contributed by atoms with Gasteiger partial charge in [0.1, 0.15) is 0 Å². The summed E-state index contributed by atoms with van der Waals surface area (Å²) in [6, 6.07) is 6.05. The van der Waals surface area contributed by atoms with Gasteiger partial charge in [-0.05, 0) is 48.4 Å². The van der Waals surface area contributed by atoms with Gasteiger partial charge in [0.2, 0.25) is 0 Å². The first-order chi connectivity index (χ1) is 11.3. The Balaban J connectivity index is 2.08. The van der Waals surface area contributed by atoms with Gasteiger partial charge in [0.25, 0.3) is 0 Å². The normalized spacial score (nSPS) is 14.3. The highest BCUT2D eigenvalue weighted by atomic mass is 16.3. The molecule has 1 aliphatic rings. The van der Waals surface area contributed by atoms with Crippen LogP contribution in [0.4, 0.5) is 16.2 Å². The average Bonchev–Trinajstić information content (AvgIpc) is 2.50. The second-order valence-corrected chi connectivity index (χ2v) is 7.86. The molecule has 0 fully saturated rings. The van der Waals surface area contributed by atoms with Crippen LogP contribution in [0.15, 0.2) is 18.2 Å². The minimum absolute atomic E-state index is 0.0192. The minimum atomic E-state index is -0.0949. The van der Waals surface area contributed by atoms with Gasteiger partial charge in [-0.25, -0.2) is 4.79 Å². The largest absolute Gasteiger partial charge is 0.396 e. The fourth-order valence-electron chi connectivity index (χ4n) is 3.15. The van der Waals surface area contributed by atoms with Crippen molar-refractivity contribution in [3.8, 4) is 0 Å². The van der Waals surface area contributed by atoms with E-state index in [0.29, 0.717) is 19.5 Å². The first-order valence-corrected chi connectivity index (χ1v) is 8.81. The summed E-state index contributed by atoms with van der Waals surface area (Å²) in [5.41, 5.74) is 3.41. The molecule has 0 aliphatic carbocycles. The minimum Gasteiger partial charge on any atom is -0.396 e. The summed E-state index contributed by atoms with van der Waals surface area (Å²) < 4.78 is 0. The van der Waals surface area contributed by atoms with E-state index >= 15 is 0 Å². The van der Waals surface area contributed by atoms with Gasteiger partial charge in [-0.15, -0.1) is 0 Å². The van der Waals surface area contributed by atoms with Crippen molar-refractivity contribution in [1.82, 2.24) is 4.90 Å². The monoisotopic (exact) mass is 333 g/mol. The van der Waals surface area contributed by atoms with Gasteiger partial charge in [0, 0.05) is 44.7 Å². The Kier molecular flexibility index (Phi) is 6.10. The van der Waals surface area contributed by atoms with Crippen LogP contribution >= 0.6 is 0 Å². The molecule has 5 heteroatoms. The molecule has 2 rings (SSSR count). The number of hydrogen-bond donors (Lipinski definition) is 2. The van der Waals surface area contributed by atoms with Gasteiger partial charge in [-0.1, -0.05) is 20.8 Å². The molecule has 0 radical (unpaired) electrons. The number of carbonyl (C=O) groups is 1. The average molecular weight is 333 g/mol. The molecular formula is C19H31N3O2. The van der Waals surface area contributed by atoms with E-state index in [-0.39, 0.29) is 18.1 Å². The SMILES string of the molecule is CN1CCCc2cc(NC(=O)N(CCCO)CC(C)(C)C)ccc21. The van der Waals surface area contributed by atoms with Crippen LogP contribution in [0.5, 0.6) is 0 Å². The third-order valence-corrected chi connectivity index (χ3v) is 4.22. The van der Waals surface area contributed by atoms with Gasteiger partial charge in [-0.2, -0.15) is 0 Å². The van der Waals surface area contributed by atoms with Gasteiger partial charge in [-0.3, -0.25) is 0 Å². The Labute approximate surface area is 145 Å². The molecule has 0 atom stereocenters. The zero-order valence-corrected chi connectivity index (χ0v) is 15.4. The molecular weight excluding hydrogens is 302 g/mol. The lowest BCUT2D eigenvalue weighted by Gasteiger charge is -2.31. The van der Waals surface area contributed by atoms with Crippen molar-refractivity contribution in [1.29, 1.82) is 0 Å². The Morgan fingerprint density at radius 1 is 1.38 bits per heavy atom. The van der Waals surface area contributed by atoms with Crippen molar-refractivity contribution in [3.05, 3.63) is 23.8 Å². The van der Waals surface area contributed by atoms with Crippen LogP contribution in [0.2, 0.25) is 0 Å². The van der Waals surface area contributed by atoms with Crippen LogP contribution in [-0.4, -0.2) is 49.3 Å². The molecule has 0 bridgehead atoms. The highest BCUT2D eigenvalue weighted by Crippen LogP contribution is 2.28. The van der Waals surface area contributed by atoms with Crippen molar-refractivity contribution in [2.24, 2.45) is 5.41 Å². The third kappa shape index (κ3) is 5.13. The maximum atomic E-state index is 12.7. The molecule has 0 saturated heterocycles. The van der Waals surface area contributed by atoms with E-state index in [0.717, 1.165) is 25.1 Å². The molecule has 0 spiro atoms. The molecule has 0 saturated carbocycles. The number of nitrogens with zero attached hydrogens (tertiary/aromatic N) is 2. The standard InChI is InChI=1S/C19H31N3O2/c1-19(2,3)14-22(11-6-12-23)18(24)20-16-8-9-17-15(13-16)7-5-10-21(17)4/h8-9,13,23H,5-7,10-12,14H2,1-4H3,(H,20,24). The molecule has 5 nitrogen and oxygen atoms in total. The lowest BCUT2D eigenvalue weighted by atomic mass is 9.96. The van der Waals surface area contributed by atoms with E-state index in [2.05, 4.69) is 50.2 Å². The molecule has 1 aromatic rings. The van der Waals surface area contributed by atoms with E-state index in [1.807, 2.05) is 6.07 Å². The van der Waals surface area contributed by atoms with E-state index in [1.54, 1.807) is 4.90 Å². The van der Waals surface area contributed by atoms with Crippen molar-refractivity contribution >= 4 is 17.4 Å². The first kappa shape index (κ1) is 18.6. The first-order valence-electron chi connectivity index (χ1n) is 8.81. The number of aryl methyl sites for hydroxylation is 1. The maximum absolute atomic E-state index is 12.7. The zero-order chi connectivity index (χ0) is 17.7. The molecule has 134 valence electrons. The van der Waals surface area contributed by atoms with Crippen molar-refractivity contribution < 1.29 is 9.90 Å². The lowest BCUT2D eigenvalue weighted by molar-refractivity contribution is 0.176. The van der Waals surface area contributed by atoms with E-state index < -0.39 is 0 Å². The molecule has 0 unspecified atom stereocenters. The van der Waals surface area contributed by atoms with Crippen LogP contribution in [-0.2, 0) is 6.42 Å². The van der Waals surface area contributed by atoms with E-state index in [1.165, 1.54) is 11.3 Å². The number of anilines is 2. The molecule has 0 aromatic heterocycles. The number of fused-ring (bicyclic) bond motifs is 1. The van der Waals surface area contributed by atoms with Gasteiger partial charge < -0.3 is 20.2 Å². The van der Waals surface area contributed by atoms with Crippen LogP contribution in [0.25, 0.3) is 0 Å². The predicted octanol–water partition coefficient (Wildman–Crippen LogP) is 3.33. The second-order valence-electron chi connectivity index (χ2n) is 7.86. The second kappa shape index (κ2) is 7.88. The fraction of sp³-hybridized carbons (Fsp3) is 0.632. The number of amides is 2. The summed E-state index contributed by atoms with van der Waals surface area (Å²) in [6.45, 7) is 8.74. The number of benzene rings is 1. The highest BCUT2D eigenvalue weighted by molar-refractivity contribution is 5.90. The highest BCUT2D eigenvalue weighted by Gasteiger charge is 2.21. The summed E-state index contributed by atoms with van der Waals surface area (Å²) in [6.07, 6.45) is 2.80. The van der Waals surface area contributed by atoms with Crippen LogP contribution in [0.1, 0.15) is 39.2 Å². The number of aliphatic hydroxyl groups is 1. The number of hydrogen-bond acceptors (Lipinski definition) is 3. The predicted molar refractivity (Wildman–Crippen MR) is 99.8 cm³/mol. The zero-order valence-electron chi connectivity index (χ0n) is 15.4. The molecule has 1 heterocycles. The number of carbonyl (C=O) groups excluding carboxylic acids is 1. The molecule has 2 N–H and O–H groups in total. The molecule has 1 aromatic carbocycles. The van der Waals surface area contributed by atoms with E-state index in [4.69, 9.17) is 5.11 Å². The van der Waals surface area contributed by atoms with Gasteiger partial charge in [0.05, 0.1) is 0 Å². The number of nitrogens with one attached hydrogen (secondary N) is 1. The van der Waals surface area contributed by atoms with Gasteiger partial charge in [0.15, 0.2) is 0 Å². The molecule has 24 heavy (non-hydrogen) atoms. The Morgan fingerprint density at radius 3 is 2.79 bits per heavy atom. The summed E-state index contributed by atoms with van der Waals surface area (Å²) in [5, 5.41) is 12.1. The van der Waals surface area contributed by atoms with Crippen molar-refractivity contribution in [3.63, 3.8) is 0 Å². The summed E-state index contributed by atoms with van der Waals surface area (Å²) >= 11 is 0. The third-order valence-electron chi connectivity index (χ3n) is 4.22. The maximum Gasteiger partial charge on any atom is 0.321 e. The quantitative estimate of drug-likeness (QED) is 0.869. The lowest BCUT2D eigenvalue weighted by Crippen LogP contribution is -2.41. The Morgan fingerprint density at radius 2 is 2.12 bits per heavy atom. The van der Waals surface area contributed by atoms with Crippen molar-refractivity contribution in [2.75, 3.05) is 43.5 Å². The summed E-state index contributed by atoms with van der Waals surface area (Å²) in [7, 11) is 2.11. The van der Waals surface area contributed by atoms with Crippen molar-refractivity contribution in [2.45, 2.75) is 40.0 Å². The smallest absolute Gasteiger partial charge is 0.321 e. The van der Waals surface area contributed by atoms with Gasteiger partial charge >= 0.3 is 6.03 Å². The Bertz CT molecular complexity index is 566. The molecule has 1 aliphatic heterocycles. The summed E-state index contributed by atoms with van der Waals surface area (Å²) in [5.74, 6) is 0. The van der Waals surface area contributed by atoms with E-state index in [9.17, 15) is 4.79 Å². The Hall–Kier alpha value is -1.75. The topological polar surface area (TPSA) is 55.8 Å². The molecule has 2 amide bonds. The number of aliphatic hydroxyl groups excluding tert-OH is 1. The summed E-state index contributed by atoms with van der Waals surface area (Å²) in [4.78, 5) is 16.7. The number of urea groups is 1.